The third-order valence-corrected chi connectivity index (χ3v) is 4.95. The largest absolute Gasteiger partial charge is 0.380 e. The predicted octanol–water partition coefficient (Wildman–Crippen LogP) is 0.926. The molecule has 1 aromatic rings. The van der Waals surface area contributed by atoms with Crippen molar-refractivity contribution in [3.63, 3.8) is 0 Å². The van der Waals surface area contributed by atoms with Gasteiger partial charge in [0.25, 0.3) is 0 Å². The quantitative estimate of drug-likeness (QED) is 0.864. The van der Waals surface area contributed by atoms with Crippen molar-refractivity contribution in [1.29, 1.82) is 0 Å². The van der Waals surface area contributed by atoms with Crippen LogP contribution < -0.4 is 5.73 Å². The normalized spacial score (nSPS) is 31.6. The molecule has 0 amide bonds. The smallest absolute Gasteiger partial charge is 0.229 e. The number of nitrogens with two attached hydrogens (primary N) is 1. The summed E-state index contributed by atoms with van der Waals surface area (Å²) >= 11 is 0. The summed E-state index contributed by atoms with van der Waals surface area (Å²) in [7, 11) is 3.90. The number of fused-ring (bicyclic) bond motifs is 2. The minimum Gasteiger partial charge on any atom is -0.380 e. The summed E-state index contributed by atoms with van der Waals surface area (Å²) in [4.78, 5) is 7.08. The second-order valence-electron chi connectivity index (χ2n) is 6.06. The number of methoxy groups -OCH3 is 1. The number of hydrogen-bond acceptors (Lipinski definition) is 6. The van der Waals surface area contributed by atoms with Crippen LogP contribution in [0, 0.1) is 0 Å². The molecule has 112 valence electrons. The third kappa shape index (κ3) is 2.60. The molecule has 2 N–H and O–H groups in total. The molecule has 2 aliphatic heterocycles. The summed E-state index contributed by atoms with van der Waals surface area (Å²) in [6, 6.07) is 1.38. The molecule has 2 aliphatic rings. The Morgan fingerprint density at radius 1 is 1.40 bits per heavy atom. The van der Waals surface area contributed by atoms with Gasteiger partial charge in [0.05, 0.1) is 12.5 Å². The number of hydrogen-bond donors (Lipinski definition) is 1. The zero-order valence-corrected chi connectivity index (χ0v) is 12.3. The molecule has 2 saturated heterocycles. The van der Waals surface area contributed by atoms with E-state index in [0.717, 1.165) is 18.7 Å². The molecule has 0 radical (unpaired) electrons. The fraction of sp³-hybridized carbons (Fsp3) is 0.857. The third-order valence-electron chi connectivity index (χ3n) is 4.95. The van der Waals surface area contributed by atoms with E-state index in [9.17, 15) is 0 Å². The fourth-order valence-electron chi connectivity index (χ4n) is 3.60. The molecule has 0 spiro atoms. The van der Waals surface area contributed by atoms with Gasteiger partial charge < -0.3 is 19.9 Å². The van der Waals surface area contributed by atoms with E-state index in [1.54, 1.807) is 7.11 Å². The van der Waals surface area contributed by atoms with Crippen molar-refractivity contribution < 1.29 is 9.26 Å². The van der Waals surface area contributed by atoms with Gasteiger partial charge in [-0.15, -0.1) is 0 Å². The zero-order chi connectivity index (χ0) is 14.1. The Morgan fingerprint density at radius 2 is 2.10 bits per heavy atom. The average Bonchev–Trinajstić information content (AvgIpc) is 2.98. The first-order chi connectivity index (χ1) is 9.71. The Labute approximate surface area is 119 Å². The van der Waals surface area contributed by atoms with Crippen molar-refractivity contribution >= 4 is 0 Å². The van der Waals surface area contributed by atoms with Gasteiger partial charge >= 0.3 is 0 Å². The van der Waals surface area contributed by atoms with Crippen LogP contribution >= 0.6 is 0 Å². The van der Waals surface area contributed by atoms with Crippen molar-refractivity contribution in [3.8, 4) is 0 Å². The first-order valence-corrected chi connectivity index (χ1v) is 7.48. The second kappa shape index (κ2) is 5.79. The highest BCUT2D eigenvalue weighted by Gasteiger charge is 2.40. The molecule has 2 bridgehead atoms. The van der Waals surface area contributed by atoms with Crippen LogP contribution in [0.3, 0.4) is 0 Å². The Kier molecular flexibility index (Phi) is 4.05. The van der Waals surface area contributed by atoms with E-state index >= 15 is 0 Å². The topological polar surface area (TPSA) is 77.4 Å². The minimum atomic E-state index is -0.0445. The molecular weight excluding hydrogens is 256 g/mol. The average molecular weight is 280 g/mol. The van der Waals surface area contributed by atoms with Crippen LogP contribution in [0.2, 0.25) is 0 Å². The molecule has 1 aromatic heterocycles. The SMILES string of the molecule is COC(CN)Cc1nc(C2CC3CCC(C2)N3C)no1. The monoisotopic (exact) mass is 280 g/mol. The van der Waals surface area contributed by atoms with E-state index in [4.69, 9.17) is 15.0 Å². The number of aromatic nitrogens is 2. The molecule has 3 unspecified atom stereocenters. The van der Waals surface area contributed by atoms with Crippen molar-refractivity contribution in [2.75, 3.05) is 20.7 Å². The molecule has 6 nitrogen and oxygen atoms in total. The van der Waals surface area contributed by atoms with E-state index in [0.29, 0.717) is 36.9 Å². The van der Waals surface area contributed by atoms with Crippen LogP contribution in [0.1, 0.15) is 43.3 Å². The summed E-state index contributed by atoms with van der Waals surface area (Å²) in [5.41, 5.74) is 5.62. The summed E-state index contributed by atoms with van der Waals surface area (Å²) in [6.45, 7) is 0.465. The van der Waals surface area contributed by atoms with Gasteiger partial charge in [-0.3, -0.25) is 0 Å². The summed E-state index contributed by atoms with van der Waals surface area (Å²) in [5, 5.41) is 4.18. The van der Waals surface area contributed by atoms with Crippen molar-refractivity contribution in [3.05, 3.63) is 11.7 Å². The first-order valence-electron chi connectivity index (χ1n) is 7.48. The lowest BCUT2D eigenvalue weighted by Crippen LogP contribution is -2.39. The number of piperidine rings is 1. The van der Waals surface area contributed by atoms with Crippen LogP contribution in [0.15, 0.2) is 4.52 Å². The molecule has 3 rings (SSSR count). The van der Waals surface area contributed by atoms with Gasteiger partial charge in [-0.1, -0.05) is 5.16 Å². The highest BCUT2D eigenvalue weighted by molar-refractivity contribution is 5.05. The maximum atomic E-state index is 5.62. The van der Waals surface area contributed by atoms with Crippen LogP contribution in [0.25, 0.3) is 0 Å². The minimum absolute atomic E-state index is 0.0445. The Bertz CT molecular complexity index is 432. The van der Waals surface area contributed by atoms with E-state index in [1.165, 1.54) is 12.8 Å². The number of nitrogens with zero attached hydrogens (tertiary/aromatic N) is 3. The van der Waals surface area contributed by atoms with Gasteiger partial charge in [0.15, 0.2) is 5.82 Å². The summed E-state index contributed by atoms with van der Waals surface area (Å²) < 4.78 is 10.6. The lowest BCUT2D eigenvalue weighted by Gasteiger charge is -2.34. The second-order valence-corrected chi connectivity index (χ2v) is 6.06. The van der Waals surface area contributed by atoms with Crippen molar-refractivity contribution in [2.24, 2.45) is 5.73 Å². The summed E-state index contributed by atoms with van der Waals surface area (Å²) in [5.74, 6) is 1.96. The number of rotatable bonds is 5. The molecule has 0 aliphatic carbocycles. The van der Waals surface area contributed by atoms with E-state index in [-0.39, 0.29) is 6.10 Å². The fourth-order valence-corrected chi connectivity index (χ4v) is 3.60. The molecule has 0 saturated carbocycles. The molecule has 3 atom stereocenters. The van der Waals surface area contributed by atoms with E-state index < -0.39 is 0 Å². The Morgan fingerprint density at radius 3 is 2.70 bits per heavy atom. The molecular formula is C14H24N4O2. The lowest BCUT2D eigenvalue weighted by molar-refractivity contribution is 0.102. The summed E-state index contributed by atoms with van der Waals surface area (Å²) in [6.07, 6.45) is 5.46. The standard InChI is InChI=1S/C14H24N4O2/c1-18-10-3-4-11(18)6-9(5-10)14-16-13(20-17-14)7-12(8-15)19-2/h9-12H,3-8,15H2,1-2H3. The molecule has 0 aromatic carbocycles. The highest BCUT2D eigenvalue weighted by Crippen LogP contribution is 2.41. The van der Waals surface area contributed by atoms with Gasteiger partial charge in [-0.25, -0.2) is 0 Å². The molecule has 2 fully saturated rings. The van der Waals surface area contributed by atoms with Crippen LogP contribution in [0.4, 0.5) is 0 Å². The van der Waals surface area contributed by atoms with Crippen molar-refractivity contribution in [1.82, 2.24) is 15.0 Å². The lowest BCUT2D eigenvalue weighted by atomic mass is 9.90. The van der Waals surface area contributed by atoms with E-state index in [1.807, 2.05) is 0 Å². The molecule has 20 heavy (non-hydrogen) atoms. The first kappa shape index (κ1) is 14.0. The maximum Gasteiger partial charge on any atom is 0.229 e. The molecule has 3 heterocycles. The maximum absolute atomic E-state index is 5.62. The van der Waals surface area contributed by atoms with E-state index in [2.05, 4.69) is 22.1 Å². The Hall–Kier alpha value is -0.980. The predicted molar refractivity (Wildman–Crippen MR) is 74.4 cm³/mol. The number of ether oxygens (including phenoxy) is 1. The van der Waals surface area contributed by atoms with Gasteiger partial charge in [0.2, 0.25) is 5.89 Å². The van der Waals surface area contributed by atoms with Gasteiger partial charge in [0.1, 0.15) is 0 Å². The Balaban J connectivity index is 1.65. The van der Waals surface area contributed by atoms with Crippen LogP contribution in [-0.4, -0.2) is 53.9 Å². The van der Waals surface area contributed by atoms with Gasteiger partial charge in [-0.05, 0) is 32.7 Å². The van der Waals surface area contributed by atoms with Crippen LogP contribution in [0.5, 0.6) is 0 Å². The highest BCUT2D eigenvalue weighted by atomic mass is 16.5. The van der Waals surface area contributed by atoms with Gasteiger partial charge in [0, 0.05) is 31.7 Å². The molecule has 6 heteroatoms. The van der Waals surface area contributed by atoms with Gasteiger partial charge in [-0.2, -0.15) is 4.98 Å². The van der Waals surface area contributed by atoms with Crippen LogP contribution in [-0.2, 0) is 11.2 Å². The zero-order valence-electron chi connectivity index (χ0n) is 12.3. The van der Waals surface area contributed by atoms with Crippen molar-refractivity contribution in [2.45, 2.75) is 56.2 Å².